The molecule has 0 atom stereocenters. The van der Waals surface area contributed by atoms with Crippen molar-refractivity contribution < 1.29 is 14.7 Å². The van der Waals surface area contributed by atoms with Gasteiger partial charge in [-0.1, -0.05) is 30.3 Å². The Balaban J connectivity index is 1.21. The number of nitrogen functional groups attached to an aromatic ring is 1. The maximum Gasteiger partial charge on any atom is 0.306 e. The topological polar surface area (TPSA) is 149 Å². The number of rotatable bonds is 6. The number of imidazole rings is 1. The second-order valence-corrected chi connectivity index (χ2v) is 11.5. The lowest BCUT2D eigenvalue weighted by Crippen LogP contribution is -2.52. The zero-order chi connectivity index (χ0) is 29.0. The van der Waals surface area contributed by atoms with Crippen LogP contribution in [0.3, 0.4) is 0 Å². The number of carbonyl (C=O) groups is 2. The van der Waals surface area contributed by atoms with E-state index < -0.39 is 5.97 Å². The van der Waals surface area contributed by atoms with Gasteiger partial charge in [0.25, 0.3) is 0 Å². The molecule has 10 heteroatoms. The molecule has 2 aliphatic carbocycles. The summed E-state index contributed by atoms with van der Waals surface area (Å²) in [6.07, 6.45) is 4.43. The minimum Gasteiger partial charge on any atom is -0.481 e. The molecule has 210 valence electrons. The third-order valence-electron chi connectivity index (χ3n) is 8.64. The SMILES string of the molecule is Cc1nc(NC(=O)C2CC3(CC(C(=O)O)C3)C2)ccc1-n1c(-c2cccnc2N)nc2ccc(-c3ccccc3)nc21. The molecule has 5 aromatic rings. The van der Waals surface area contributed by atoms with Crippen molar-refractivity contribution in [2.75, 3.05) is 11.1 Å². The molecule has 1 spiro atoms. The molecule has 2 saturated carbocycles. The number of hydrogen-bond acceptors (Lipinski definition) is 7. The fourth-order valence-corrected chi connectivity index (χ4v) is 6.49. The minimum atomic E-state index is -0.736. The molecule has 42 heavy (non-hydrogen) atoms. The number of hydrogen-bond donors (Lipinski definition) is 3. The second-order valence-electron chi connectivity index (χ2n) is 11.5. The molecule has 2 aliphatic rings. The smallest absolute Gasteiger partial charge is 0.306 e. The average molecular weight is 560 g/mol. The van der Waals surface area contributed by atoms with Crippen LogP contribution in [0.15, 0.2) is 72.9 Å². The van der Waals surface area contributed by atoms with Crippen LogP contribution in [0, 0.1) is 24.2 Å². The van der Waals surface area contributed by atoms with Crippen molar-refractivity contribution in [2.24, 2.45) is 17.3 Å². The first-order chi connectivity index (χ1) is 20.3. The maximum atomic E-state index is 13.0. The molecule has 1 aromatic carbocycles. The lowest BCUT2D eigenvalue weighted by Gasteiger charge is -2.56. The van der Waals surface area contributed by atoms with Crippen molar-refractivity contribution in [3.05, 3.63) is 78.6 Å². The van der Waals surface area contributed by atoms with E-state index in [9.17, 15) is 14.7 Å². The predicted octanol–water partition coefficient (Wildman–Crippen LogP) is 5.26. The highest BCUT2D eigenvalue weighted by Gasteiger charge is 2.56. The van der Waals surface area contributed by atoms with Crippen molar-refractivity contribution >= 4 is 34.7 Å². The second kappa shape index (κ2) is 9.76. The number of nitrogens with zero attached hydrogens (tertiary/aromatic N) is 5. The van der Waals surface area contributed by atoms with E-state index in [4.69, 9.17) is 20.7 Å². The van der Waals surface area contributed by atoms with Crippen molar-refractivity contribution in [3.8, 4) is 28.3 Å². The number of nitrogens with two attached hydrogens (primary N) is 1. The summed E-state index contributed by atoms with van der Waals surface area (Å²) in [7, 11) is 0. The van der Waals surface area contributed by atoms with Gasteiger partial charge < -0.3 is 16.2 Å². The predicted molar refractivity (Wildman–Crippen MR) is 159 cm³/mol. The third kappa shape index (κ3) is 4.36. The highest BCUT2D eigenvalue weighted by Crippen LogP contribution is 2.61. The summed E-state index contributed by atoms with van der Waals surface area (Å²) in [5.41, 5.74) is 11.6. The van der Waals surface area contributed by atoms with Gasteiger partial charge in [-0.15, -0.1) is 0 Å². The van der Waals surface area contributed by atoms with E-state index in [0.717, 1.165) is 29.8 Å². The van der Waals surface area contributed by atoms with Crippen LogP contribution in [0.5, 0.6) is 0 Å². The zero-order valence-electron chi connectivity index (χ0n) is 23.0. The van der Waals surface area contributed by atoms with Gasteiger partial charge in [-0.3, -0.25) is 14.2 Å². The number of anilines is 2. The van der Waals surface area contributed by atoms with Crippen LogP contribution in [0.4, 0.5) is 11.6 Å². The molecule has 0 radical (unpaired) electrons. The number of aromatic nitrogens is 5. The van der Waals surface area contributed by atoms with E-state index in [1.807, 2.05) is 72.2 Å². The van der Waals surface area contributed by atoms with E-state index in [-0.39, 0.29) is 23.2 Å². The summed E-state index contributed by atoms with van der Waals surface area (Å²) in [4.78, 5) is 43.0. The molecular weight excluding hydrogens is 530 g/mol. The quantitative estimate of drug-likeness (QED) is 0.255. The molecule has 10 nitrogen and oxygen atoms in total. The summed E-state index contributed by atoms with van der Waals surface area (Å²) in [6.45, 7) is 1.88. The van der Waals surface area contributed by atoms with Gasteiger partial charge in [0.2, 0.25) is 5.91 Å². The third-order valence-corrected chi connectivity index (χ3v) is 8.64. The van der Waals surface area contributed by atoms with E-state index in [1.54, 1.807) is 12.3 Å². The molecule has 2 fully saturated rings. The van der Waals surface area contributed by atoms with Crippen LogP contribution in [-0.2, 0) is 9.59 Å². The number of amides is 1. The highest BCUT2D eigenvalue weighted by atomic mass is 16.4. The molecule has 4 N–H and O–H groups in total. The zero-order valence-corrected chi connectivity index (χ0v) is 23.0. The molecule has 1 amide bonds. The molecular formula is C32H29N7O3. The van der Waals surface area contributed by atoms with Crippen molar-refractivity contribution in [1.29, 1.82) is 0 Å². The van der Waals surface area contributed by atoms with Crippen LogP contribution in [0.25, 0.3) is 39.5 Å². The number of carbonyl (C=O) groups excluding carboxylic acids is 1. The first kappa shape index (κ1) is 25.8. The van der Waals surface area contributed by atoms with E-state index in [1.165, 1.54) is 0 Å². The van der Waals surface area contributed by atoms with Gasteiger partial charge >= 0.3 is 5.97 Å². The molecule has 7 rings (SSSR count). The standard InChI is InChI=1S/C32H29N7O3/c1-18-25(11-12-26(35-18)38-30(40)20-14-32(15-20)16-21(17-32)31(41)42)39-28(22-8-5-13-34-27(22)33)37-24-10-9-23(36-29(24)39)19-6-3-2-4-7-19/h2-13,20-21H,14-17H2,1H3,(H2,33,34)(H,41,42)(H,35,38,40). The van der Waals surface area contributed by atoms with Crippen LogP contribution >= 0.6 is 0 Å². The number of aliphatic carboxylic acids is 1. The number of carboxylic acids is 1. The Kier molecular flexibility index (Phi) is 6.00. The van der Waals surface area contributed by atoms with Gasteiger partial charge in [0.1, 0.15) is 17.2 Å². The Bertz CT molecular complexity index is 1850. The number of nitrogens with one attached hydrogen (secondary N) is 1. The Morgan fingerprint density at radius 3 is 2.40 bits per heavy atom. The monoisotopic (exact) mass is 559 g/mol. The maximum absolute atomic E-state index is 13.0. The molecule has 0 aliphatic heterocycles. The van der Waals surface area contributed by atoms with E-state index >= 15 is 0 Å². The molecule has 4 aromatic heterocycles. The van der Waals surface area contributed by atoms with Gasteiger partial charge in [-0.05, 0) is 74.4 Å². The molecule has 0 bridgehead atoms. The Labute approximate surface area is 241 Å². The number of fused-ring (bicyclic) bond motifs is 1. The fourth-order valence-electron chi connectivity index (χ4n) is 6.49. The summed E-state index contributed by atoms with van der Waals surface area (Å²) < 4.78 is 1.94. The molecule has 0 saturated heterocycles. The Morgan fingerprint density at radius 1 is 0.929 bits per heavy atom. The van der Waals surface area contributed by atoms with Crippen molar-refractivity contribution in [2.45, 2.75) is 32.6 Å². The van der Waals surface area contributed by atoms with Gasteiger partial charge in [0.15, 0.2) is 11.5 Å². The van der Waals surface area contributed by atoms with Gasteiger partial charge in [0.05, 0.1) is 28.6 Å². The van der Waals surface area contributed by atoms with Crippen molar-refractivity contribution in [3.63, 3.8) is 0 Å². The lowest BCUT2D eigenvalue weighted by atomic mass is 9.48. The largest absolute Gasteiger partial charge is 0.481 e. The van der Waals surface area contributed by atoms with Gasteiger partial charge in [-0.25, -0.2) is 19.9 Å². The lowest BCUT2D eigenvalue weighted by molar-refractivity contribution is -0.159. The highest BCUT2D eigenvalue weighted by molar-refractivity contribution is 5.93. The average Bonchev–Trinajstić information content (AvgIpc) is 3.30. The normalized spacial score (nSPS) is 21.1. The Hall–Kier alpha value is -5.12. The van der Waals surface area contributed by atoms with E-state index in [2.05, 4.69) is 10.3 Å². The van der Waals surface area contributed by atoms with E-state index in [0.29, 0.717) is 52.7 Å². The fraction of sp³-hybridized carbons (Fsp3) is 0.250. The summed E-state index contributed by atoms with van der Waals surface area (Å²) in [5.74, 6) is 0.199. The summed E-state index contributed by atoms with van der Waals surface area (Å²) >= 11 is 0. The minimum absolute atomic E-state index is 0.0247. The van der Waals surface area contributed by atoms with Crippen LogP contribution in [0.2, 0.25) is 0 Å². The summed E-state index contributed by atoms with van der Waals surface area (Å²) in [6, 6.07) is 21.2. The van der Waals surface area contributed by atoms with Crippen LogP contribution in [0.1, 0.15) is 31.4 Å². The number of aryl methyl sites for hydroxylation is 1. The molecule has 0 unspecified atom stereocenters. The van der Waals surface area contributed by atoms with Crippen LogP contribution in [-0.4, -0.2) is 41.5 Å². The number of pyridine rings is 3. The van der Waals surface area contributed by atoms with Gasteiger partial charge in [-0.2, -0.15) is 0 Å². The number of benzene rings is 1. The first-order valence-electron chi connectivity index (χ1n) is 14.0. The molecule has 4 heterocycles. The first-order valence-corrected chi connectivity index (χ1v) is 14.0. The number of carboxylic acid groups (broad SMARTS) is 1. The van der Waals surface area contributed by atoms with Crippen LogP contribution < -0.4 is 11.1 Å². The van der Waals surface area contributed by atoms with Gasteiger partial charge in [0, 0.05) is 17.7 Å². The summed E-state index contributed by atoms with van der Waals surface area (Å²) in [5, 5.41) is 12.1. The van der Waals surface area contributed by atoms with Crippen molar-refractivity contribution in [1.82, 2.24) is 24.5 Å². The Morgan fingerprint density at radius 2 is 1.69 bits per heavy atom.